The molecule has 138 valence electrons. The third kappa shape index (κ3) is 4.51. The number of aryl methyl sites for hydroxylation is 1. The highest BCUT2D eigenvalue weighted by atomic mass is 35.5. The number of esters is 1. The molecule has 8 heteroatoms. The SMILES string of the molecule is COc1ccc(Cl)cc1COC(=O)/C(=C/c1ccccc1)n1nnnc1C. The number of methoxy groups -OCH3 is 1. The van der Waals surface area contributed by atoms with Crippen molar-refractivity contribution in [2.45, 2.75) is 13.5 Å². The summed E-state index contributed by atoms with van der Waals surface area (Å²) in [6.45, 7) is 1.70. The maximum absolute atomic E-state index is 12.8. The van der Waals surface area contributed by atoms with Crippen LogP contribution in [0, 0.1) is 6.92 Å². The molecule has 0 aliphatic rings. The van der Waals surface area contributed by atoms with Crippen LogP contribution in [0.4, 0.5) is 0 Å². The first kappa shape index (κ1) is 18.6. The number of aromatic nitrogens is 4. The van der Waals surface area contributed by atoms with E-state index in [1.165, 1.54) is 4.68 Å². The Morgan fingerprint density at radius 3 is 2.67 bits per heavy atom. The van der Waals surface area contributed by atoms with E-state index in [4.69, 9.17) is 21.1 Å². The zero-order valence-electron chi connectivity index (χ0n) is 14.8. The van der Waals surface area contributed by atoms with Crippen LogP contribution in [0.15, 0.2) is 48.5 Å². The van der Waals surface area contributed by atoms with Crippen LogP contribution in [0.25, 0.3) is 11.8 Å². The fourth-order valence-corrected chi connectivity index (χ4v) is 2.64. The number of rotatable bonds is 6. The van der Waals surface area contributed by atoms with Crippen LogP contribution in [0.2, 0.25) is 5.02 Å². The van der Waals surface area contributed by atoms with Crippen LogP contribution in [0.5, 0.6) is 5.75 Å². The second-order valence-electron chi connectivity index (χ2n) is 5.61. The quantitative estimate of drug-likeness (QED) is 0.479. The molecule has 0 bridgehead atoms. The van der Waals surface area contributed by atoms with Gasteiger partial charge < -0.3 is 9.47 Å². The molecule has 0 aliphatic carbocycles. The lowest BCUT2D eigenvalue weighted by atomic mass is 10.2. The minimum atomic E-state index is -0.573. The fraction of sp³-hybridized carbons (Fsp3) is 0.158. The Morgan fingerprint density at radius 2 is 2.00 bits per heavy atom. The first-order valence-corrected chi connectivity index (χ1v) is 8.48. The second kappa shape index (κ2) is 8.46. The van der Waals surface area contributed by atoms with Gasteiger partial charge in [-0.05, 0) is 47.2 Å². The molecule has 0 fully saturated rings. The second-order valence-corrected chi connectivity index (χ2v) is 6.05. The average molecular weight is 385 g/mol. The number of benzene rings is 2. The van der Waals surface area contributed by atoms with Crippen molar-refractivity contribution in [2.24, 2.45) is 0 Å². The number of tetrazole rings is 1. The van der Waals surface area contributed by atoms with Crippen LogP contribution in [-0.2, 0) is 16.1 Å². The lowest BCUT2D eigenvalue weighted by Gasteiger charge is -2.12. The minimum Gasteiger partial charge on any atom is -0.496 e. The van der Waals surface area contributed by atoms with Gasteiger partial charge in [0.1, 0.15) is 12.4 Å². The highest BCUT2D eigenvalue weighted by molar-refractivity contribution is 6.30. The van der Waals surface area contributed by atoms with Gasteiger partial charge in [-0.2, -0.15) is 4.68 Å². The molecule has 0 spiro atoms. The molecule has 0 radical (unpaired) electrons. The molecule has 7 nitrogen and oxygen atoms in total. The summed E-state index contributed by atoms with van der Waals surface area (Å²) >= 11 is 6.02. The molecule has 1 heterocycles. The first-order chi connectivity index (χ1) is 13.1. The number of hydrogen-bond donors (Lipinski definition) is 0. The zero-order chi connectivity index (χ0) is 19.2. The van der Waals surface area contributed by atoms with Gasteiger partial charge in [-0.1, -0.05) is 41.9 Å². The zero-order valence-corrected chi connectivity index (χ0v) is 15.6. The molecule has 27 heavy (non-hydrogen) atoms. The molecule has 3 rings (SSSR count). The first-order valence-electron chi connectivity index (χ1n) is 8.10. The van der Waals surface area contributed by atoms with E-state index in [-0.39, 0.29) is 12.3 Å². The van der Waals surface area contributed by atoms with Crippen molar-refractivity contribution in [3.05, 3.63) is 70.5 Å². The molecule has 1 aromatic heterocycles. The van der Waals surface area contributed by atoms with E-state index in [0.717, 1.165) is 5.56 Å². The van der Waals surface area contributed by atoms with Gasteiger partial charge in [-0.15, -0.1) is 5.10 Å². The molecular formula is C19H17ClN4O3. The largest absolute Gasteiger partial charge is 0.496 e. The molecule has 0 amide bonds. The Bertz CT molecular complexity index is 970. The molecule has 2 aromatic carbocycles. The molecule has 0 N–H and O–H groups in total. The summed E-state index contributed by atoms with van der Waals surface area (Å²) in [5, 5.41) is 11.8. The lowest BCUT2D eigenvalue weighted by Crippen LogP contribution is -2.15. The Morgan fingerprint density at radius 1 is 1.22 bits per heavy atom. The highest BCUT2D eigenvalue weighted by Gasteiger charge is 2.18. The number of carbonyl (C=O) groups is 1. The van der Waals surface area contributed by atoms with Crippen LogP contribution in [-0.4, -0.2) is 33.3 Å². The lowest BCUT2D eigenvalue weighted by molar-refractivity contribution is -0.138. The number of ether oxygens (including phenoxy) is 2. The van der Waals surface area contributed by atoms with Gasteiger partial charge in [-0.25, -0.2) is 4.79 Å². The maximum Gasteiger partial charge on any atom is 0.357 e. The third-order valence-corrected chi connectivity index (χ3v) is 4.00. The average Bonchev–Trinajstić information content (AvgIpc) is 3.10. The minimum absolute atomic E-state index is 0.00410. The van der Waals surface area contributed by atoms with E-state index in [2.05, 4.69) is 15.5 Å². The summed E-state index contributed by atoms with van der Waals surface area (Å²) in [6.07, 6.45) is 1.67. The molecule has 0 atom stereocenters. The van der Waals surface area contributed by atoms with Crippen LogP contribution < -0.4 is 4.74 Å². The number of nitrogens with zero attached hydrogens (tertiary/aromatic N) is 4. The van der Waals surface area contributed by atoms with E-state index in [0.29, 0.717) is 22.2 Å². The van der Waals surface area contributed by atoms with E-state index in [1.54, 1.807) is 38.3 Å². The van der Waals surface area contributed by atoms with Crippen molar-refractivity contribution >= 4 is 29.3 Å². The molecule has 0 saturated heterocycles. The Labute approximate surface area is 161 Å². The van der Waals surface area contributed by atoms with Gasteiger partial charge in [0, 0.05) is 10.6 Å². The summed E-state index contributed by atoms with van der Waals surface area (Å²) in [5.74, 6) is 0.477. The van der Waals surface area contributed by atoms with Crippen LogP contribution in [0.3, 0.4) is 0 Å². The predicted octanol–water partition coefficient (Wildman–Crippen LogP) is 3.39. The molecule has 0 saturated carbocycles. The smallest absolute Gasteiger partial charge is 0.357 e. The highest BCUT2D eigenvalue weighted by Crippen LogP contribution is 2.24. The number of hydrogen-bond acceptors (Lipinski definition) is 6. The fourth-order valence-electron chi connectivity index (χ4n) is 2.45. The summed E-state index contributed by atoms with van der Waals surface area (Å²) in [7, 11) is 1.54. The third-order valence-electron chi connectivity index (χ3n) is 3.77. The van der Waals surface area contributed by atoms with Gasteiger partial charge in [0.2, 0.25) is 0 Å². The normalized spacial score (nSPS) is 11.3. The summed E-state index contributed by atoms with van der Waals surface area (Å²) in [5.41, 5.74) is 1.68. The van der Waals surface area contributed by atoms with E-state index >= 15 is 0 Å². The number of halogens is 1. The molecule has 0 unspecified atom stereocenters. The topological polar surface area (TPSA) is 79.1 Å². The van der Waals surface area contributed by atoms with Gasteiger partial charge in [0.25, 0.3) is 0 Å². The van der Waals surface area contributed by atoms with E-state index in [1.807, 2.05) is 30.3 Å². The van der Waals surface area contributed by atoms with Gasteiger partial charge >= 0.3 is 5.97 Å². The van der Waals surface area contributed by atoms with Crippen molar-refractivity contribution < 1.29 is 14.3 Å². The van der Waals surface area contributed by atoms with Gasteiger partial charge in [0.15, 0.2) is 11.5 Å². The van der Waals surface area contributed by atoms with Crippen molar-refractivity contribution in [1.82, 2.24) is 20.2 Å². The monoisotopic (exact) mass is 384 g/mol. The summed E-state index contributed by atoms with van der Waals surface area (Å²) in [6, 6.07) is 14.5. The Hall–Kier alpha value is -3.19. The Balaban J connectivity index is 1.87. The standard InChI is InChI=1S/C19H17ClN4O3/c1-13-21-22-23-24(13)17(10-14-6-4-3-5-7-14)19(25)27-12-15-11-16(20)8-9-18(15)26-2/h3-11H,12H2,1-2H3/b17-10-. The predicted molar refractivity (Wildman–Crippen MR) is 101 cm³/mol. The van der Waals surface area contributed by atoms with Crippen molar-refractivity contribution in [3.8, 4) is 5.75 Å². The summed E-state index contributed by atoms with van der Waals surface area (Å²) < 4.78 is 12.1. The van der Waals surface area contributed by atoms with Crippen molar-refractivity contribution in [1.29, 1.82) is 0 Å². The van der Waals surface area contributed by atoms with Crippen LogP contribution >= 0.6 is 11.6 Å². The molecule has 0 aliphatic heterocycles. The maximum atomic E-state index is 12.8. The Kier molecular flexibility index (Phi) is 5.83. The van der Waals surface area contributed by atoms with Crippen LogP contribution in [0.1, 0.15) is 17.0 Å². The van der Waals surface area contributed by atoms with Crippen molar-refractivity contribution in [3.63, 3.8) is 0 Å². The van der Waals surface area contributed by atoms with Gasteiger partial charge in [0.05, 0.1) is 7.11 Å². The van der Waals surface area contributed by atoms with E-state index in [9.17, 15) is 4.79 Å². The molecule has 3 aromatic rings. The van der Waals surface area contributed by atoms with Crippen molar-refractivity contribution in [2.75, 3.05) is 7.11 Å². The van der Waals surface area contributed by atoms with Gasteiger partial charge in [-0.3, -0.25) is 0 Å². The number of carbonyl (C=O) groups excluding carboxylic acids is 1. The summed E-state index contributed by atoms with van der Waals surface area (Å²) in [4.78, 5) is 12.8. The molecular weight excluding hydrogens is 368 g/mol. The van der Waals surface area contributed by atoms with E-state index < -0.39 is 5.97 Å².